The molecule has 0 radical (unpaired) electrons. The number of nitrogens with zero attached hydrogens (tertiary/aromatic N) is 3. The lowest BCUT2D eigenvalue weighted by molar-refractivity contribution is 0.0848. The number of amides is 2. The van der Waals surface area contributed by atoms with Crippen molar-refractivity contribution in [3.8, 4) is 11.5 Å². The minimum absolute atomic E-state index is 0.0389. The summed E-state index contributed by atoms with van der Waals surface area (Å²) in [7, 11) is 0. The third-order valence-electron chi connectivity index (χ3n) is 4.36. The molecule has 3 heterocycles. The molecule has 126 valence electrons. The number of carbonyl (C=O) groups is 1. The van der Waals surface area contributed by atoms with E-state index in [4.69, 9.17) is 9.47 Å². The molecule has 0 spiro atoms. The Hall–Kier alpha value is -2.70. The average molecular weight is 328 g/mol. The molecule has 0 bridgehead atoms. The predicted molar refractivity (Wildman–Crippen MR) is 87.0 cm³/mol. The Bertz CT molecular complexity index is 730. The van der Waals surface area contributed by atoms with Gasteiger partial charge in [-0.15, -0.1) is 0 Å². The Morgan fingerprint density at radius 2 is 2.17 bits per heavy atom. The quantitative estimate of drug-likeness (QED) is 0.930. The zero-order valence-corrected chi connectivity index (χ0v) is 13.4. The first-order valence-corrected chi connectivity index (χ1v) is 8.20. The first-order valence-electron chi connectivity index (χ1n) is 8.20. The second-order valence-electron chi connectivity index (χ2n) is 6.02. The van der Waals surface area contributed by atoms with Crippen molar-refractivity contribution in [2.24, 2.45) is 0 Å². The van der Waals surface area contributed by atoms with Crippen molar-refractivity contribution in [1.29, 1.82) is 0 Å². The summed E-state index contributed by atoms with van der Waals surface area (Å²) in [4.78, 5) is 18.2. The van der Waals surface area contributed by atoms with Gasteiger partial charge in [0.2, 0.25) is 0 Å². The molecule has 2 amide bonds. The second kappa shape index (κ2) is 6.43. The number of carbonyl (C=O) groups excluding carboxylic acids is 1. The van der Waals surface area contributed by atoms with Gasteiger partial charge in [-0.2, -0.15) is 0 Å². The van der Waals surface area contributed by atoms with Crippen molar-refractivity contribution in [1.82, 2.24) is 19.8 Å². The Labute approximate surface area is 140 Å². The van der Waals surface area contributed by atoms with Crippen LogP contribution in [0.4, 0.5) is 4.79 Å². The van der Waals surface area contributed by atoms with Crippen LogP contribution in [0, 0.1) is 0 Å². The highest BCUT2D eigenvalue weighted by molar-refractivity contribution is 5.74. The van der Waals surface area contributed by atoms with Gasteiger partial charge in [0.1, 0.15) is 12.7 Å². The predicted octanol–water partition coefficient (Wildman–Crippen LogP) is 1.64. The SMILES string of the molecule is O=C(NCC[C@@H]1COc2ccccc2O1)N1CCn2cncc2C1. The number of ether oxygens (including phenoxy) is 2. The third-order valence-corrected chi connectivity index (χ3v) is 4.36. The van der Waals surface area contributed by atoms with E-state index >= 15 is 0 Å². The topological polar surface area (TPSA) is 68.6 Å². The molecule has 1 aromatic heterocycles. The Kier molecular flexibility index (Phi) is 3.98. The van der Waals surface area contributed by atoms with E-state index in [1.807, 2.05) is 41.7 Å². The van der Waals surface area contributed by atoms with Crippen LogP contribution in [-0.4, -0.2) is 46.3 Å². The number of imidazole rings is 1. The monoisotopic (exact) mass is 328 g/mol. The molecule has 2 aliphatic rings. The maximum absolute atomic E-state index is 12.3. The molecule has 2 aliphatic heterocycles. The van der Waals surface area contributed by atoms with Crippen LogP contribution in [-0.2, 0) is 13.1 Å². The van der Waals surface area contributed by atoms with Crippen LogP contribution in [0.15, 0.2) is 36.8 Å². The summed E-state index contributed by atoms with van der Waals surface area (Å²) in [6, 6.07) is 7.60. The van der Waals surface area contributed by atoms with Gasteiger partial charge in [-0.3, -0.25) is 0 Å². The number of para-hydroxylation sites is 2. The number of fused-ring (bicyclic) bond motifs is 2. The van der Waals surface area contributed by atoms with Crippen LogP contribution in [0.5, 0.6) is 11.5 Å². The number of rotatable bonds is 3. The van der Waals surface area contributed by atoms with E-state index in [1.165, 1.54) is 0 Å². The molecule has 0 saturated heterocycles. The van der Waals surface area contributed by atoms with Crippen molar-refractivity contribution in [2.45, 2.75) is 25.6 Å². The van der Waals surface area contributed by atoms with E-state index < -0.39 is 0 Å². The van der Waals surface area contributed by atoms with Gasteiger partial charge in [-0.05, 0) is 12.1 Å². The molecular formula is C17H20N4O3. The van der Waals surface area contributed by atoms with E-state index in [1.54, 1.807) is 0 Å². The van der Waals surface area contributed by atoms with Crippen LogP contribution in [0.25, 0.3) is 0 Å². The van der Waals surface area contributed by atoms with Gasteiger partial charge < -0.3 is 24.3 Å². The molecule has 0 saturated carbocycles. The standard InChI is InChI=1S/C17H20N4O3/c22-17(20-7-8-21-12-18-9-13(21)10-20)19-6-5-14-11-23-15-3-1-2-4-16(15)24-14/h1-4,9,12,14H,5-8,10-11H2,(H,19,22)/t14-/m1/s1. The minimum Gasteiger partial charge on any atom is -0.486 e. The van der Waals surface area contributed by atoms with E-state index in [0.29, 0.717) is 32.7 Å². The fraction of sp³-hybridized carbons (Fsp3) is 0.412. The van der Waals surface area contributed by atoms with Crippen LogP contribution >= 0.6 is 0 Å². The van der Waals surface area contributed by atoms with Crippen LogP contribution in [0.1, 0.15) is 12.1 Å². The van der Waals surface area contributed by atoms with E-state index in [-0.39, 0.29) is 12.1 Å². The summed E-state index contributed by atoms with van der Waals surface area (Å²) >= 11 is 0. The molecule has 1 aromatic carbocycles. The lowest BCUT2D eigenvalue weighted by Crippen LogP contribution is -2.45. The lowest BCUT2D eigenvalue weighted by Gasteiger charge is -2.29. The average Bonchev–Trinajstić information content (AvgIpc) is 3.09. The summed E-state index contributed by atoms with van der Waals surface area (Å²) in [5.74, 6) is 1.55. The smallest absolute Gasteiger partial charge is 0.317 e. The fourth-order valence-corrected chi connectivity index (χ4v) is 3.01. The van der Waals surface area contributed by atoms with Gasteiger partial charge in [-0.1, -0.05) is 12.1 Å². The summed E-state index contributed by atoms with van der Waals surface area (Å²) in [6.07, 6.45) is 4.29. The maximum Gasteiger partial charge on any atom is 0.317 e. The molecule has 7 nitrogen and oxygen atoms in total. The molecule has 0 aliphatic carbocycles. The molecular weight excluding hydrogens is 308 g/mol. The lowest BCUT2D eigenvalue weighted by atomic mass is 10.2. The number of hydrogen-bond acceptors (Lipinski definition) is 4. The van der Waals surface area contributed by atoms with Crippen molar-refractivity contribution in [3.63, 3.8) is 0 Å². The van der Waals surface area contributed by atoms with Gasteiger partial charge in [0.25, 0.3) is 0 Å². The molecule has 1 N–H and O–H groups in total. The Morgan fingerprint density at radius 3 is 3.08 bits per heavy atom. The number of hydrogen-bond donors (Lipinski definition) is 1. The molecule has 1 atom stereocenters. The van der Waals surface area contributed by atoms with Gasteiger partial charge >= 0.3 is 6.03 Å². The first kappa shape index (κ1) is 14.9. The highest BCUT2D eigenvalue weighted by Crippen LogP contribution is 2.31. The molecule has 4 rings (SSSR count). The molecule has 2 aromatic rings. The van der Waals surface area contributed by atoms with E-state index in [9.17, 15) is 4.79 Å². The number of urea groups is 1. The molecule has 0 unspecified atom stereocenters. The van der Waals surface area contributed by atoms with Gasteiger partial charge in [-0.25, -0.2) is 9.78 Å². The fourth-order valence-electron chi connectivity index (χ4n) is 3.01. The zero-order chi connectivity index (χ0) is 16.4. The number of nitrogens with one attached hydrogen (secondary N) is 1. The first-order chi connectivity index (χ1) is 11.8. The van der Waals surface area contributed by atoms with Crippen LogP contribution in [0.3, 0.4) is 0 Å². The summed E-state index contributed by atoms with van der Waals surface area (Å²) < 4.78 is 13.7. The van der Waals surface area contributed by atoms with E-state index in [2.05, 4.69) is 14.9 Å². The maximum atomic E-state index is 12.3. The van der Waals surface area contributed by atoms with Gasteiger partial charge in [0.05, 0.1) is 18.6 Å². The Morgan fingerprint density at radius 1 is 1.29 bits per heavy atom. The van der Waals surface area contributed by atoms with Crippen molar-refractivity contribution in [2.75, 3.05) is 19.7 Å². The van der Waals surface area contributed by atoms with Gasteiger partial charge in [0.15, 0.2) is 11.5 Å². The Balaban J connectivity index is 1.24. The highest BCUT2D eigenvalue weighted by atomic mass is 16.6. The summed E-state index contributed by atoms with van der Waals surface area (Å²) in [6.45, 7) is 3.16. The second-order valence-corrected chi connectivity index (χ2v) is 6.02. The van der Waals surface area contributed by atoms with Crippen LogP contribution < -0.4 is 14.8 Å². The van der Waals surface area contributed by atoms with Crippen molar-refractivity contribution in [3.05, 3.63) is 42.5 Å². The third kappa shape index (κ3) is 3.02. The minimum atomic E-state index is -0.0421. The number of aromatic nitrogens is 2. The van der Waals surface area contributed by atoms with Crippen molar-refractivity contribution < 1.29 is 14.3 Å². The molecule has 7 heteroatoms. The highest BCUT2D eigenvalue weighted by Gasteiger charge is 2.22. The summed E-state index contributed by atoms with van der Waals surface area (Å²) in [5, 5.41) is 2.97. The van der Waals surface area contributed by atoms with Gasteiger partial charge in [0, 0.05) is 32.3 Å². The van der Waals surface area contributed by atoms with E-state index in [0.717, 1.165) is 23.7 Å². The zero-order valence-electron chi connectivity index (χ0n) is 13.4. The molecule has 24 heavy (non-hydrogen) atoms. The summed E-state index contributed by atoms with van der Waals surface area (Å²) in [5.41, 5.74) is 1.07. The molecule has 0 fully saturated rings. The van der Waals surface area contributed by atoms with Crippen molar-refractivity contribution >= 4 is 6.03 Å². The number of benzene rings is 1. The normalized spacial score (nSPS) is 18.8. The largest absolute Gasteiger partial charge is 0.486 e. The van der Waals surface area contributed by atoms with Crippen LogP contribution in [0.2, 0.25) is 0 Å².